The summed E-state index contributed by atoms with van der Waals surface area (Å²) in [7, 11) is 0. The van der Waals surface area contributed by atoms with E-state index in [4.69, 9.17) is 4.52 Å². The van der Waals surface area contributed by atoms with Gasteiger partial charge in [0.05, 0.1) is 33.7 Å². The second kappa shape index (κ2) is 10.8. The third kappa shape index (κ3) is 5.70. The summed E-state index contributed by atoms with van der Waals surface area (Å²) in [5.41, 5.74) is 3.31. The fourth-order valence-electron chi connectivity index (χ4n) is 4.50. The van der Waals surface area contributed by atoms with E-state index in [9.17, 15) is 14.0 Å². The first-order valence-electron chi connectivity index (χ1n) is 12.0. The Balaban J connectivity index is 1.14. The van der Waals surface area contributed by atoms with E-state index in [1.165, 1.54) is 6.20 Å². The lowest BCUT2D eigenvalue weighted by atomic mass is 9.97. The van der Waals surface area contributed by atoms with Crippen LogP contribution in [0.3, 0.4) is 0 Å². The van der Waals surface area contributed by atoms with Gasteiger partial charge in [0.2, 0.25) is 5.95 Å². The first-order chi connectivity index (χ1) is 17.9. The summed E-state index contributed by atoms with van der Waals surface area (Å²) in [5, 5.41) is 9.21. The van der Waals surface area contributed by atoms with Gasteiger partial charge in [-0.25, -0.2) is 14.4 Å². The molecule has 0 aliphatic carbocycles. The molecule has 0 spiro atoms. The maximum absolute atomic E-state index is 14.4. The maximum Gasteiger partial charge on any atom is 0.290 e. The van der Waals surface area contributed by atoms with E-state index < -0.39 is 5.91 Å². The molecule has 37 heavy (non-hydrogen) atoms. The number of aromatic nitrogens is 4. The van der Waals surface area contributed by atoms with Crippen LogP contribution in [0.25, 0.3) is 17.3 Å². The van der Waals surface area contributed by atoms with E-state index in [-0.39, 0.29) is 11.1 Å². The highest BCUT2D eigenvalue weighted by molar-refractivity contribution is 8.18. The molecule has 0 radical (unpaired) electrons. The molecule has 192 valence electrons. The zero-order chi connectivity index (χ0) is 25.9. The molecular formula is C25H26FN7O3S. The van der Waals surface area contributed by atoms with Crippen molar-refractivity contribution < 1.29 is 18.5 Å². The Labute approximate surface area is 217 Å². The molecule has 2 N–H and O–H groups in total. The van der Waals surface area contributed by atoms with Crippen LogP contribution in [-0.4, -0.2) is 50.9 Å². The van der Waals surface area contributed by atoms with E-state index in [1.807, 2.05) is 13.8 Å². The minimum atomic E-state index is -0.407. The van der Waals surface area contributed by atoms with Crippen LogP contribution in [0.1, 0.15) is 35.6 Å². The number of thioether (sulfide) groups is 1. The number of halogens is 1. The van der Waals surface area contributed by atoms with Crippen molar-refractivity contribution >= 4 is 34.9 Å². The standard InChI is InChI=1S/C25H26FN7O3S/c1-14-22(15(2)36-32-14)20-9-17(19(26)13-29-20)12-27-11-16-4-7-33(8-5-16)24-28-6-3-18(30-24)10-21-23(34)31-25(35)37-21/h3,6,9-10,13,16,27H,4-5,7-8,11-12H2,1-2H3,(H,31,34,35)/b21-10+. The third-order valence-corrected chi connectivity index (χ3v) is 7.27. The molecule has 10 nitrogen and oxygen atoms in total. The number of imide groups is 1. The van der Waals surface area contributed by atoms with Gasteiger partial charge in [0, 0.05) is 31.4 Å². The molecule has 5 heterocycles. The lowest BCUT2D eigenvalue weighted by Crippen LogP contribution is -2.38. The van der Waals surface area contributed by atoms with Crippen molar-refractivity contribution in [2.45, 2.75) is 33.2 Å². The Hall–Kier alpha value is -3.64. The van der Waals surface area contributed by atoms with E-state index in [1.54, 1.807) is 24.4 Å². The van der Waals surface area contributed by atoms with Crippen LogP contribution in [0.5, 0.6) is 0 Å². The van der Waals surface area contributed by atoms with Crippen molar-refractivity contribution in [3.63, 3.8) is 0 Å². The smallest absolute Gasteiger partial charge is 0.290 e. The van der Waals surface area contributed by atoms with E-state index in [2.05, 4.69) is 35.6 Å². The molecule has 12 heteroatoms. The van der Waals surface area contributed by atoms with E-state index in [0.29, 0.717) is 46.0 Å². The average Bonchev–Trinajstić information content (AvgIpc) is 3.39. The fraction of sp³-hybridized carbons (Fsp3) is 0.360. The SMILES string of the molecule is Cc1noc(C)c1-c1cc(CNCC2CCN(c3nccc(/C=C4/SC(=O)NC4=O)n3)CC2)c(F)cn1. The van der Waals surface area contributed by atoms with Crippen LogP contribution in [0, 0.1) is 25.6 Å². The van der Waals surface area contributed by atoms with Crippen molar-refractivity contribution in [2.24, 2.45) is 5.92 Å². The van der Waals surface area contributed by atoms with Crippen molar-refractivity contribution in [3.8, 4) is 11.3 Å². The number of nitrogens with one attached hydrogen (secondary N) is 2. The summed E-state index contributed by atoms with van der Waals surface area (Å²) in [5.74, 6) is 0.948. The molecule has 0 atom stereocenters. The number of rotatable bonds is 7. The zero-order valence-electron chi connectivity index (χ0n) is 20.5. The number of piperidine rings is 1. The largest absolute Gasteiger partial charge is 0.361 e. The Morgan fingerprint density at radius 2 is 2.08 bits per heavy atom. The molecule has 2 aliphatic heterocycles. The first kappa shape index (κ1) is 25.0. The summed E-state index contributed by atoms with van der Waals surface area (Å²) >= 11 is 0.865. The van der Waals surface area contributed by atoms with Crippen LogP contribution < -0.4 is 15.5 Å². The van der Waals surface area contributed by atoms with Gasteiger partial charge in [-0.1, -0.05) is 5.16 Å². The molecule has 5 rings (SSSR count). The molecule has 0 bridgehead atoms. The number of carbonyl (C=O) groups is 2. The lowest BCUT2D eigenvalue weighted by molar-refractivity contribution is -0.115. The number of anilines is 1. The Morgan fingerprint density at radius 3 is 2.78 bits per heavy atom. The molecule has 0 aromatic carbocycles. The van der Waals surface area contributed by atoms with Gasteiger partial charge in [-0.2, -0.15) is 0 Å². The van der Waals surface area contributed by atoms with Crippen LogP contribution in [0.2, 0.25) is 0 Å². The maximum atomic E-state index is 14.4. The summed E-state index contributed by atoms with van der Waals surface area (Å²) in [6.07, 6.45) is 6.38. The number of aryl methyl sites for hydroxylation is 2. The Morgan fingerprint density at radius 1 is 1.27 bits per heavy atom. The summed E-state index contributed by atoms with van der Waals surface area (Å²) in [6.45, 7) is 6.41. The second-order valence-corrected chi connectivity index (χ2v) is 10.1. The molecule has 3 aromatic heterocycles. The third-order valence-electron chi connectivity index (χ3n) is 6.46. The minimum absolute atomic E-state index is 0.323. The number of carbonyl (C=O) groups excluding carboxylic acids is 2. The summed E-state index contributed by atoms with van der Waals surface area (Å²) in [6, 6.07) is 3.46. The number of pyridine rings is 1. The van der Waals surface area contributed by atoms with Crippen molar-refractivity contribution in [1.82, 2.24) is 30.7 Å². The normalized spacial score (nSPS) is 17.6. The monoisotopic (exact) mass is 523 g/mol. The minimum Gasteiger partial charge on any atom is -0.361 e. The van der Waals surface area contributed by atoms with Crippen molar-refractivity contribution in [1.29, 1.82) is 0 Å². The average molecular weight is 524 g/mol. The first-order valence-corrected chi connectivity index (χ1v) is 12.8. The Bertz CT molecular complexity index is 1350. The molecular weight excluding hydrogens is 497 g/mol. The van der Waals surface area contributed by atoms with Gasteiger partial charge in [-0.05, 0) is 69.1 Å². The van der Waals surface area contributed by atoms with Gasteiger partial charge >= 0.3 is 0 Å². The molecule has 2 amide bonds. The number of hydrogen-bond donors (Lipinski definition) is 2. The van der Waals surface area contributed by atoms with Crippen molar-refractivity contribution in [2.75, 3.05) is 24.5 Å². The highest BCUT2D eigenvalue weighted by Crippen LogP contribution is 2.27. The van der Waals surface area contributed by atoms with Crippen LogP contribution >= 0.6 is 11.8 Å². The van der Waals surface area contributed by atoms with Crippen LogP contribution in [0.15, 0.2) is 34.0 Å². The summed E-state index contributed by atoms with van der Waals surface area (Å²) in [4.78, 5) is 38.8. The summed E-state index contributed by atoms with van der Waals surface area (Å²) < 4.78 is 19.6. The predicted octanol–water partition coefficient (Wildman–Crippen LogP) is 3.61. The quantitative estimate of drug-likeness (QED) is 0.444. The van der Waals surface area contributed by atoms with Gasteiger partial charge in [0.15, 0.2) is 0 Å². The van der Waals surface area contributed by atoms with Gasteiger partial charge < -0.3 is 14.7 Å². The van der Waals surface area contributed by atoms with Crippen LogP contribution in [-0.2, 0) is 11.3 Å². The van der Waals surface area contributed by atoms with Gasteiger partial charge in [-0.15, -0.1) is 0 Å². The zero-order valence-corrected chi connectivity index (χ0v) is 21.3. The van der Waals surface area contributed by atoms with Crippen molar-refractivity contribution in [3.05, 3.63) is 58.0 Å². The lowest BCUT2D eigenvalue weighted by Gasteiger charge is -2.32. The second-order valence-electron chi connectivity index (χ2n) is 9.06. The number of hydrogen-bond acceptors (Lipinski definition) is 10. The van der Waals surface area contributed by atoms with Gasteiger partial charge in [0.1, 0.15) is 11.6 Å². The molecule has 2 saturated heterocycles. The molecule has 0 saturated carbocycles. The van der Waals surface area contributed by atoms with Gasteiger partial charge in [-0.3, -0.25) is 19.9 Å². The van der Waals surface area contributed by atoms with Gasteiger partial charge in [0.25, 0.3) is 11.1 Å². The molecule has 2 aliphatic rings. The Kier molecular flexibility index (Phi) is 7.28. The van der Waals surface area contributed by atoms with Crippen LogP contribution in [0.4, 0.5) is 15.1 Å². The number of nitrogens with zero attached hydrogens (tertiary/aromatic N) is 5. The van der Waals surface area contributed by atoms with E-state index in [0.717, 1.165) is 55.5 Å². The highest BCUT2D eigenvalue weighted by Gasteiger charge is 2.26. The predicted molar refractivity (Wildman–Crippen MR) is 137 cm³/mol. The van der Waals surface area contributed by atoms with E-state index >= 15 is 0 Å². The number of amides is 2. The molecule has 3 aromatic rings. The fourth-order valence-corrected chi connectivity index (χ4v) is 5.17. The molecule has 2 fully saturated rings. The highest BCUT2D eigenvalue weighted by atomic mass is 32.2. The molecule has 0 unspecified atom stereocenters. The topological polar surface area (TPSA) is 126 Å².